The van der Waals surface area contributed by atoms with Crippen LogP contribution in [0.15, 0.2) is 40.8 Å². The number of benzene rings is 1. The van der Waals surface area contributed by atoms with Crippen molar-refractivity contribution in [3.63, 3.8) is 0 Å². The minimum Gasteiger partial charge on any atom is -0.463 e. The van der Waals surface area contributed by atoms with Crippen LogP contribution in [0.1, 0.15) is 21.9 Å². The number of furan rings is 1. The number of aryl methyl sites for hydroxylation is 1. The maximum Gasteiger partial charge on any atom is 0.373 e. The molecule has 0 spiro atoms. The third kappa shape index (κ3) is 4.95. The van der Waals surface area contributed by atoms with Gasteiger partial charge in [0.05, 0.1) is 7.11 Å². The zero-order chi connectivity index (χ0) is 17.7. The lowest BCUT2D eigenvalue weighted by atomic mass is 10.2. The van der Waals surface area contributed by atoms with Gasteiger partial charge in [0.15, 0.2) is 9.84 Å². The molecule has 2 rings (SSSR count). The zero-order valence-electron chi connectivity index (χ0n) is 13.2. The molecular weight excluding hydrogens is 334 g/mol. The van der Waals surface area contributed by atoms with Crippen LogP contribution in [-0.4, -0.2) is 33.2 Å². The molecule has 8 heteroatoms. The molecule has 0 aliphatic heterocycles. The first-order valence-electron chi connectivity index (χ1n) is 7.03. The Labute approximate surface area is 139 Å². The van der Waals surface area contributed by atoms with Crippen LogP contribution in [0.2, 0.25) is 0 Å². The number of nitrogens with one attached hydrogen (secondary N) is 1. The molecule has 0 radical (unpaired) electrons. The van der Waals surface area contributed by atoms with E-state index in [1.54, 1.807) is 24.3 Å². The fraction of sp³-hybridized carbons (Fsp3) is 0.250. The lowest BCUT2D eigenvalue weighted by Gasteiger charge is -2.06. The number of rotatable bonds is 6. The monoisotopic (exact) mass is 351 g/mol. The van der Waals surface area contributed by atoms with Crippen molar-refractivity contribution < 1.29 is 27.2 Å². The second-order valence-electron chi connectivity index (χ2n) is 5.20. The summed E-state index contributed by atoms with van der Waals surface area (Å²) in [6.07, 6.45) is 0. The van der Waals surface area contributed by atoms with Crippen LogP contribution in [0.5, 0.6) is 0 Å². The Balaban J connectivity index is 1.97. The van der Waals surface area contributed by atoms with E-state index < -0.39 is 33.2 Å². The molecule has 7 nitrogen and oxygen atoms in total. The van der Waals surface area contributed by atoms with Gasteiger partial charge in [-0.2, -0.15) is 0 Å². The van der Waals surface area contributed by atoms with Crippen molar-refractivity contribution in [1.82, 2.24) is 0 Å². The summed E-state index contributed by atoms with van der Waals surface area (Å²) in [5, 5.41) is 2.52. The number of esters is 1. The van der Waals surface area contributed by atoms with E-state index in [2.05, 4.69) is 10.1 Å². The summed E-state index contributed by atoms with van der Waals surface area (Å²) >= 11 is 0. The molecule has 0 unspecified atom stereocenters. The van der Waals surface area contributed by atoms with Gasteiger partial charge in [0, 0.05) is 5.69 Å². The van der Waals surface area contributed by atoms with E-state index in [1.807, 2.05) is 6.92 Å². The normalized spacial score (nSPS) is 11.1. The van der Waals surface area contributed by atoms with Gasteiger partial charge >= 0.3 is 5.97 Å². The first-order chi connectivity index (χ1) is 11.3. The molecule has 128 valence electrons. The van der Waals surface area contributed by atoms with Crippen LogP contribution >= 0.6 is 0 Å². The summed E-state index contributed by atoms with van der Waals surface area (Å²) in [7, 11) is -2.55. The molecule has 1 amide bonds. The molecule has 0 bridgehead atoms. The number of hydrogen-bond donors (Lipinski definition) is 1. The highest BCUT2D eigenvalue weighted by molar-refractivity contribution is 7.91. The molecule has 0 atom stereocenters. The van der Waals surface area contributed by atoms with Crippen LogP contribution in [0.25, 0.3) is 0 Å². The number of anilines is 1. The molecule has 0 aliphatic rings. The maximum absolute atomic E-state index is 12.1. The summed E-state index contributed by atoms with van der Waals surface area (Å²) in [5.41, 5.74) is 1.55. The number of methoxy groups -OCH3 is 1. The van der Waals surface area contributed by atoms with Crippen LogP contribution in [0, 0.1) is 6.92 Å². The molecule has 0 saturated heterocycles. The van der Waals surface area contributed by atoms with Gasteiger partial charge in [-0.05, 0) is 31.2 Å². The van der Waals surface area contributed by atoms with E-state index in [-0.39, 0.29) is 11.5 Å². The van der Waals surface area contributed by atoms with Crippen molar-refractivity contribution in [3.8, 4) is 0 Å². The molecule has 1 aromatic carbocycles. The Morgan fingerprint density at radius 1 is 1.12 bits per heavy atom. The van der Waals surface area contributed by atoms with Crippen molar-refractivity contribution in [3.05, 3.63) is 53.5 Å². The van der Waals surface area contributed by atoms with Crippen LogP contribution in [-0.2, 0) is 25.1 Å². The Morgan fingerprint density at radius 2 is 1.79 bits per heavy atom. The number of carbonyl (C=O) groups is 2. The number of carbonyl (C=O) groups excluding carboxylic acids is 2. The largest absolute Gasteiger partial charge is 0.463 e. The van der Waals surface area contributed by atoms with Gasteiger partial charge in [-0.15, -0.1) is 0 Å². The first kappa shape index (κ1) is 17.7. The molecule has 1 N–H and O–H groups in total. The summed E-state index contributed by atoms with van der Waals surface area (Å²) in [6.45, 7) is 1.90. The van der Waals surface area contributed by atoms with Crippen LogP contribution < -0.4 is 5.32 Å². The van der Waals surface area contributed by atoms with E-state index in [0.29, 0.717) is 5.69 Å². The Bertz CT molecular complexity index is 836. The SMILES string of the molecule is COC(=O)c1ccc(CS(=O)(=O)CC(=O)Nc2ccc(C)cc2)o1. The second-order valence-corrected chi connectivity index (χ2v) is 7.27. The molecule has 0 fully saturated rings. The molecular formula is C16H17NO6S. The molecule has 2 aromatic rings. The zero-order valence-corrected chi connectivity index (χ0v) is 14.1. The van der Waals surface area contributed by atoms with Crippen LogP contribution in [0.4, 0.5) is 5.69 Å². The Kier molecular flexibility index (Phi) is 5.40. The highest BCUT2D eigenvalue weighted by atomic mass is 32.2. The number of amides is 1. The first-order valence-corrected chi connectivity index (χ1v) is 8.85. The summed E-state index contributed by atoms with van der Waals surface area (Å²) in [4.78, 5) is 23.1. The number of ether oxygens (including phenoxy) is 1. The minimum absolute atomic E-state index is 0.0681. The van der Waals surface area contributed by atoms with Crippen molar-refractivity contribution in [2.24, 2.45) is 0 Å². The number of sulfone groups is 1. The summed E-state index contributed by atoms with van der Waals surface area (Å²) < 4.78 is 33.7. The molecule has 0 aliphatic carbocycles. The molecule has 24 heavy (non-hydrogen) atoms. The van der Waals surface area contributed by atoms with Crippen molar-refractivity contribution in [2.75, 3.05) is 18.2 Å². The molecule has 1 heterocycles. The van der Waals surface area contributed by atoms with Gasteiger partial charge in [-0.3, -0.25) is 4.79 Å². The third-order valence-corrected chi connectivity index (χ3v) is 4.52. The van der Waals surface area contributed by atoms with E-state index in [4.69, 9.17) is 4.42 Å². The second kappa shape index (κ2) is 7.31. The standard InChI is InChI=1S/C16H17NO6S/c1-11-3-5-12(6-4-11)17-15(18)10-24(20,21)9-13-7-8-14(23-13)16(19)22-2/h3-8H,9-10H2,1-2H3,(H,17,18). The Hall–Kier alpha value is -2.61. The van der Waals surface area contributed by atoms with Gasteiger partial charge in [-0.25, -0.2) is 13.2 Å². The lowest BCUT2D eigenvalue weighted by Crippen LogP contribution is -2.23. The van der Waals surface area contributed by atoms with Gasteiger partial charge in [0.2, 0.25) is 11.7 Å². The van der Waals surface area contributed by atoms with Gasteiger partial charge in [0.25, 0.3) is 0 Å². The average Bonchev–Trinajstić information content (AvgIpc) is 2.95. The maximum atomic E-state index is 12.1. The smallest absolute Gasteiger partial charge is 0.373 e. The molecule has 1 aromatic heterocycles. The number of hydrogen-bond acceptors (Lipinski definition) is 6. The fourth-order valence-electron chi connectivity index (χ4n) is 1.97. The Morgan fingerprint density at radius 3 is 2.42 bits per heavy atom. The summed E-state index contributed by atoms with van der Waals surface area (Å²) in [6, 6.07) is 9.68. The van der Waals surface area contributed by atoms with Gasteiger partial charge < -0.3 is 14.5 Å². The highest BCUT2D eigenvalue weighted by Gasteiger charge is 2.21. The predicted octanol–water partition coefficient (Wildman–Crippen LogP) is 1.93. The third-order valence-electron chi connectivity index (χ3n) is 3.10. The molecule has 0 saturated carbocycles. The van der Waals surface area contributed by atoms with E-state index in [1.165, 1.54) is 19.2 Å². The summed E-state index contributed by atoms with van der Waals surface area (Å²) in [5.74, 6) is -2.53. The lowest BCUT2D eigenvalue weighted by molar-refractivity contribution is -0.113. The van der Waals surface area contributed by atoms with Gasteiger partial charge in [-0.1, -0.05) is 17.7 Å². The van der Waals surface area contributed by atoms with E-state index in [0.717, 1.165) is 5.56 Å². The van der Waals surface area contributed by atoms with Crippen molar-refractivity contribution in [1.29, 1.82) is 0 Å². The van der Waals surface area contributed by atoms with E-state index in [9.17, 15) is 18.0 Å². The predicted molar refractivity (Wildman–Crippen MR) is 87.3 cm³/mol. The minimum atomic E-state index is -3.74. The fourth-order valence-corrected chi connectivity index (χ4v) is 3.13. The quantitative estimate of drug-likeness (QED) is 0.798. The van der Waals surface area contributed by atoms with Gasteiger partial charge in [0.1, 0.15) is 17.3 Å². The highest BCUT2D eigenvalue weighted by Crippen LogP contribution is 2.14. The van der Waals surface area contributed by atoms with Crippen molar-refractivity contribution >= 4 is 27.4 Å². The average molecular weight is 351 g/mol. The van der Waals surface area contributed by atoms with Crippen LogP contribution in [0.3, 0.4) is 0 Å². The topological polar surface area (TPSA) is 103 Å². The van der Waals surface area contributed by atoms with Crippen molar-refractivity contribution in [2.45, 2.75) is 12.7 Å². The van der Waals surface area contributed by atoms with E-state index >= 15 is 0 Å².